The van der Waals surface area contributed by atoms with Crippen LogP contribution in [0.1, 0.15) is 29.3 Å². The monoisotopic (exact) mass is 703 g/mol. The lowest BCUT2D eigenvalue weighted by atomic mass is 9.77. The third-order valence-electron chi connectivity index (χ3n) is 8.02. The second kappa shape index (κ2) is 14.1. The molecule has 2 aliphatic heterocycles. The number of thiazole rings is 1. The Morgan fingerprint density at radius 2 is 1.60 bits per heavy atom. The Hall–Kier alpha value is -4.85. The van der Waals surface area contributed by atoms with Crippen molar-refractivity contribution in [1.82, 2.24) is 15.2 Å². The molecular formula is C34H30ClN5O6S2. The highest BCUT2D eigenvalue weighted by Crippen LogP contribution is 2.41. The number of carboxylic acids is 1. The lowest BCUT2D eigenvalue weighted by molar-refractivity contribution is -0.150. The molecule has 3 atom stereocenters. The van der Waals surface area contributed by atoms with Gasteiger partial charge in [0.15, 0.2) is 10.8 Å². The van der Waals surface area contributed by atoms with E-state index in [1.807, 2.05) is 91.0 Å². The molecule has 1 saturated heterocycles. The summed E-state index contributed by atoms with van der Waals surface area (Å²) >= 11 is 7.15. The van der Waals surface area contributed by atoms with E-state index in [1.54, 1.807) is 12.3 Å². The van der Waals surface area contributed by atoms with Crippen molar-refractivity contribution in [1.29, 1.82) is 0 Å². The van der Waals surface area contributed by atoms with Crippen molar-refractivity contribution in [2.75, 3.05) is 23.6 Å². The van der Waals surface area contributed by atoms with Gasteiger partial charge in [0.25, 0.3) is 11.8 Å². The summed E-state index contributed by atoms with van der Waals surface area (Å²) in [5.74, 6) is -3.18. The molecule has 2 aliphatic rings. The van der Waals surface area contributed by atoms with Crippen molar-refractivity contribution in [2.24, 2.45) is 5.16 Å². The van der Waals surface area contributed by atoms with E-state index in [1.165, 1.54) is 11.3 Å². The Morgan fingerprint density at radius 1 is 1.04 bits per heavy atom. The summed E-state index contributed by atoms with van der Waals surface area (Å²) in [6.45, 7) is 1.86. The van der Waals surface area contributed by atoms with Gasteiger partial charge in [-0.25, -0.2) is 9.78 Å². The van der Waals surface area contributed by atoms with E-state index in [-0.39, 0.29) is 40.9 Å². The van der Waals surface area contributed by atoms with Gasteiger partial charge in [0.2, 0.25) is 0 Å². The molecule has 2 amide bonds. The third-order valence-corrected chi connectivity index (χ3v) is 10.8. The minimum atomic E-state index is -1.70. The topological polar surface area (TPSA) is 150 Å². The van der Waals surface area contributed by atoms with E-state index in [2.05, 4.69) is 15.8 Å². The van der Waals surface area contributed by atoms with Crippen LogP contribution in [0.2, 0.25) is 0 Å². The predicted molar refractivity (Wildman–Crippen MR) is 184 cm³/mol. The second-order valence-corrected chi connectivity index (χ2v) is 13.5. The molecule has 1 fully saturated rings. The number of hydrogen-bond donors (Lipinski definition) is 3. The van der Waals surface area contributed by atoms with Gasteiger partial charge in [0.05, 0.1) is 16.6 Å². The zero-order valence-corrected chi connectivity index (χ0v) is 27.9. The maximum Gasteiger partial charge on any atom is 0.352 e. The van der Waals surface area contributed by atoms with Gasteiger partial charge in [0, 0.05) is 11.3 Å². The van der Waals surface area contributed by atoms with Gasteiger partial charge in [-0.3, -0.25) is 18.7 Å². The molecule has 6 rings (SSSR count). The molecule has 48 heavy (non-hydrogen) atoms. The van der Waals surface area contributed by atoms with Crippen molar-refractivity contribution in [2.45, 2.75) is 23.9 Å². The highest BCUT2D eigenvalue weighted by Gasteiger charge is 2.57. The van der Waals surface area contributed by atoms with Gasteiger partial charge >= 0.3 is 5.97 Å². The molecule has 0 spiro atoms. The molecule has 14 heteroatoms. The van der Waals surface area contributed by atoms with E-state index >= 15 is 0 Å². The number of carbonyl (C=O) groups is 3. The van der Waals surface area contributed by atoms with Gasteiger partial charge in [-0.1, -0.05) is 96.2 Å². The highest BCUT2D eigenvalue weighted by molar-refractivity contribution is 7.86. The fourth-order valence-corrected chi connectivity index (χ4v) is 8.65. The smallest absolute Gasteiger partial charge is 0.352 e. The molecule has 11 nitrogen and oxygen atoms in total. The number of fused-ring (bicyclic) bond motifs is 1. The lowest BCUT2D eigenvalue weighted by Crippen LogP contribution is -2.74. The molecule has 0 aliphatic carbocycles. The molecular weight excluding hydrogens is 674 g/mol. The first-order chi connectivity index (χ1) is 23.3. The number of β-lactam (4-membered cyclic amide) rings is 1. The molecule has 246 valence electrons. The molecule has 0 bridgehead atoms. The Balaban J connectivity index is 1.33. The number of benzene rings is 3. The van der Waals surface area contributed by atoms with E-state index < -0.39 is 45.5 Å². The van der Waals surface area contributed by atoms with Crippen molar-refractivity contribution >= 4 is 62.4 Å². The second-order valence-electron chi connectivity index (χ2n) is 10.8. The van der Waals surface area contributed by atoms with Crippen LogP contribution in [-0.2, 0) is 35.6 Å². The number of halogens is 1. The standard InChI is InChI=1S/C34H30ClN5O6S2/c1-2-46-39-26(29(41)37-27-30(42)40-28(32(43)44)21(18-35)20-48(45)31(27)40)25-19-47-33(36-25)38-34(22-12-6-3-7-13-22,23-14-8-4-9-15-23)24-16-10-5-11-17-24/h3-17,19,27,31H,2,18,20H2,1H3,(H,36,38)(H,37,41)(H,43,44)/b39-26-/t27?,31-,48?/m0/s1. The van der Waals surface area contributed by atoms with E-state index in [9.17, 15) is 23.7 Å². The lowest BCUT2D eigenvalue weighted by Gasteiger charge is -2.48. The Labute approximate surface area is 287 Å². The average Bonchev–Trinajstić information content (AvgIpc) is 3.58. The van der Waals surface area contributed by atoms with Crippen molar-refractivity contribution in [3.63, 3.8) is 0 Å². The number of rotatable bonds is 12. The number of nitrogens with zero attached hydrogens (tertiary/aromatic N) is 3. The summed E-state index contributed by atoms with van der Waals surface area (Å²) < 4.78 is 13.0. The van der Waals surface area contributed by atoms with E-state index in [0.29, 0.717) is 5.13 Å². The van der Waals surface area contributed by atoms with Crippen molar-refractivity contribution in [3.8, 4) is 0 Å². The number of amides is 2. The Morgan fingerprint density at radius 3 is 2.10 bits per heavy atom. The number of oxime groups is 1. The van der Waals surface area contributed by atoms with Crippen LogP contribution in [0.3, 0.4) is 0 Å². The van der Waals surface area contributed by atoms with Crippen molar-refractivity contribution in [3.05, 3.63) is 130 Å². The summed E-state index contributed by atoms with van der Waals surface area (Å²) in [4.78, 5) is 49.7. The van der Waals surface area contributed by atoms with Gasteiger partial charge in [0.1, 0.15) is 35.0 Å². The van der Waals surface area contributed by atoms with Gasteiger partial charge in [-0.15, -0.1) is 22.9 Å². The first kappa shape index (κ1) is 33.1. The van der Waals surface area contributed by atoms with Crippen LogP contribution in [0.5, 0.6) is 0 Å². The van der Waals surface area contributed by atoms with Gasteiger partial charge in [-0.05, 0) is 29.2 Å². The van der Waals surface area contributed by atoms with E-state index in [4.69, 9.17) is 21.4 Å². The minimum Gasteiger partial charge on any atom is -0.477 e. The molecule has 3 heterocycles. The highest BCUT2D eigenvalue weighted by atomic mass is 35.5. The molecule has 3 aromatic carbocycles. The average molecular weight is 704 g/mol. The predicted octanol–water partition coefficient (Wildman–Crippen LogP) is 4.28. The maximum absolute atomic E-state index is 13.7. The molecule has 3 N–H and O–H groups in total. The number of carbonyl (C=O) groups excluding carboxylic acids is 2. The SMILES string of the molecule is CCO/N=C(\C(=O)NC1C(=O)N2C(C(=O)O)=C(CCl)CS(=O)[C@@H]12)c1csc(NC(c2ccccc2)(c2ccccc2)c2ccccc2)n1. The third kappa shape index (κ3) is 6.00. The van der Waals surface area contributed by atoms with Crippen LogP contribution in [0.15, 0.2) is 113 Å². The van der Waals surface area contributed by atoms with Crippen LogP contribution >= 0.6 is 22.9 Å². The van der Waals surface area contributed by atoms with Gasteiger partial charge < -0.3 is 20.6 Å². The Bertz CT molecular complexity index is 1820. The normalized spacial score (nSPS) is 19.3. The zero-order chi connectivity index (χ0) is 33.8. The van der Waals surface area contributed by atoms with Gasteiger partial charge in [-0.2, -0.15) is 0 Å². The zero-order valence-electron chi connectivity index (χ0n) is 25.5. The summed E-state index contributed by atoms with van der Waals surface area (Å²) in [6, 6.07) is 28.6. The number of nitrogens with one attached hydrogen (secondary N) is 2. The summed E-state index contributed by atoms with van der Waals surface area (Å²) in [6.07, 6.45) is 0. The summed E-state index contributed by atoms with van der Waals surface area (Å²) in [5.41, 5.74) is 1.87. The molecule has 1 aromatic heterocycles. The van der Waals surface area contributed by atoms with Crippen LogP contribution < -0.4 is 10.6 Å². The molecule has 4 aromatic rings. The maximum atomic E-state index is 13.7. The number of hydrogen-bond acceptors (Lipinski definition) is 9. The number of aromatic nitrogens is 1. The quantitative estimate of drug-likeness (QED) is 0.0651. The van der Waals surface area contributed by atoms with Crippen LogP contribution in [0.4, 0.5) is 5.13 Å². The number of carboxylic acid groups (broad SMARTS) is 1. The fraction of sp³-hybridized carbons (Fsp3) is 0.206. The van der Waals surface area contributed by atoms with Crippen LogP contribution in [-0.4, -0.2) is 72.4 Å². The molecule has 0 saturated carbocycles. The summed E-state index contributed by atoms with van der Waals surface area (Å²) in [7, 11) is -1.70. The fourth-order valence-electron chi connectivity index (χ4n) is 5.88. The minimum absolute atomic E-state index is 0.126. The van der Waals surface area contributed by atoms with Crippen LogP contribution in [0, 0.1) is 0 Å². The molecule has 0 radical (unpaired) electrons. The number of alkyl halides is 1. The molecule has 2 unspecified atom stereocenters. The van der Waals surface area contributed by atoms with Crippen LogP contribution in [0.25, 0.3) is 0 Å². The number of anilines is 1. The van der Waals surface area contributed by atoms with E-state index in [0.717, 1.165) is 21.6 Å². The summed E-state index contributed by atoms with van der Waals surface area (Å²) in [5, 5.41) is 21.1. The first-order valence-corrected chi connectivity index (χ1v) is 17.7. The number of aliphatic carboxylic acids is 1. The first-order valence-electron chi connectivity index (χ1n) is 14.9. The Kier molecular flexibility index (Phi) is 9.71. The van der Waals surface area contributed by atoms with Crippen molar-refractivity contribution < 1.29 is 28.5 Å². The largest absolute Gasteiger partial charge is 0.477 e.